The van der Waals surface area contributed by atoms with Gasteiger partial charge in [0.2, 0.25) is 0 Å². The third-order valence-electron chi connectivity index (χ3n) is 4.61. The van der Waals surface area contributed by atoms with Crippen molar-refractivity contribution in [2.75, 3.05) is 49.5 Å². The first kappa shape index (κ1) is 19.9. The van der Waals surface area contributed by atoms with Crippen LogP contribution in [-0.4, -0.2) is 60.3 Å². The number of carbonyl (C=O) groups excluding carboxylic acids is 1. The number of aryl methyl sites for hydroxylation is 1. The molecule has 1 aromatic carbocycles. The van der Waals surface area contributed by atoms with Gasteiger partial charge >= 0.3 is 6.09 Å². The Morgan fingerprint density at radius 1 is 1.21 bits per heavy atom. The summed E-state index contributed by atoms with van der Waals surface area (Å²) in [4.78, 5) is 24.6. The molecule has 150 valence electrons. The summed E-state index contributed by atoms with van der Waals surface area (Å²) in [6, 6.07) is 8.68. The molecule has 3 rings (SSSR count). The lowest BCUT2D eigenvalue weighted by Gasteiger charge is -2.34. The molecular weight excluding hydrogens is 361 g/mol. The first-order valence-electron chi connectivity index (χ1n) is 9.56. The average Bonchev–Trinajstić information content (AvgIpc) is 2.69. The van der Waals surface area contributed by atoms with E-state index in [9.17, 15) is 9.18 Å². The number of rotatable bonds is 6. The molecule has 8 heteroatoms. The highest BCUT2D eigenvalue weighted by molar-refractivity contribution is 5.68. The van der Waals surface area contributed by atoms with Crippen LogP contribution in [0.25, 0.3) is 0 Å². The predicted molar refractivity (Wildman–Crippen MR) is 106 cm³/mol. The van der Waals surface area contributed by atoms with Crippen LogP contribution in [0, 0.1) is 12.7 Å². The van der Waals surface area contributed by atoms with Crippen molar-refractivity contribution in [2.24, 2.45) is 0 Å². The molecule has 2 aromatic rings. The van der Waals surface area contributed by atoms with Crippen molar-refractivity contribution in [1.29, 1.82) is 0 Å². The zero-order valence-electron chi connectivity index (χ0n) is 16.3. The monoisotopic (exact) mass is 387 g/mol. The van der Waals surface area contributed by atoms with Gasteiger partial charge < -0.3 is 19.9 Å². The van der Waals surface area contributed by atoms with Crippen LogP contribution < -0.4 is 10.2 Å². The van der Waals surface area contributed by atoms with Gasteiger partial charge in [0.05, 0.1) is 6.61 Å². The number of nitrogens with zero attached hydrogens (tertiary/aromatic N) is 4. The van der Waals surface area contributed by atoms with E-state index in [-0.39, 0.29) is 11.9 Å². The van der Waals surface area contributed by atoms with Crippen LogP contribution in [0.5, 0.6) is 0 Å². The minimum atomic E-state index is -0.267. The quantitative estimate of drug-likeness (QED) is 0.822. The molecule has 0 spiro atoms. The van der Waals surface area contributed by atoms with Gasteiger partial charge in [-0.15, -0.1) is 0 Å². The first-order valence-corrected chi connectivity index (χ1v) is 9.56. The fourth-order valence-corrected chi connectivity index (χ4v) is 3.16. The molecule has 1 fully saturated rings. The Labute approximate surface area is 164 Å². The Hall–Kier alpha value is -2.90. The topological polar surface area (TPSA) is 70.6 Å². The lowest BCUT2D eigenvalue weighted by Crippen LogP contribution is -2.49. The summed E-state index contributed by atoms with van der Waals surface area (Å²) in [5, 5.41) is 3.26. The number of piperazine rings is 1. The largest absolute Gasteiger partial charge is 0.450 e. The maximum absolute atomic E-state index is 13.7. The Kier molecular flexibility index (Phi) is 6.62. The van der Waals surface area contributed by atoms with Crippen LogP contribution in [0.2, 0.25) is 0 Å². The maximum Gasteiger partial charge on any atom is 0.409 e. The summed E-state index contributed by atoms with van der Waals surface area (Å²) in [6.45, 7) is 7.17. The summed E-state index contributed by atoms with van der Waals surface area (Å²) < 4.78 is 18.8. The number of anilines is 2. The molecule has 1 amide bonds. The van der Waals surface area contributed by atoms with Crippen LogP contribution in [0.4, 0.5) is 20.8 Å². The van der Waals surface area contributed by atoms with E-state index in [4.69, 9.17) is 4.74 Å². The van der Waals surface area contributed by atoms with Crippen molar-refractivity contribution in [1.82, 2.24) is 14.9 Å². The van der Waals surface area contributed by atoms with Gasteiger partial charge in [0.1, 0.15) is 23.3 Å². The highest BCUT2D eigenvalue weighted by Crippen LogP contribution is 2.18. The minimum Gasteiger partial charge on any atom is -0.450 e. The molecule has 28 heavy (non-hydrogen) atoms. The van der Waals surface area contributed by atoms with Crippen molar-refractivity contribution < 1.29 is 13.9 Å². The normalized spacial score (nSPS) is 14.1. The van der Waals surface area contributed by atoms with Crippen molar-refractivity contribution in [3.8, 4) is 0 Å². The molecule has 7 nitrogen and oxygen atoms in total. The van der Waals surface area contributed by atoms with Gasteiger partial charge in [-0.1, -0.05) is 18.2 Å². The highest BCUT2D eigenvalue weighted by atomic mass is 19.1. The van der Waals surface area contributed by atoms with Crippen molar-refractivity contribution in [2.45, 2.75) is 20.3 Å². The molecule has 1 N–H and O–H groups in total. The fourth-order valence-electron chi connectivity index (χ4n) is 3.16. The van der Waals surface area contributed by atoms with Crippen LogP contribution in [-0.2, 0) is 11.2 Å². The van der Waals surface area contributed by atoms with E-state index in [1.165, 1.54) is 6.07 Å². The SMILES string of the molecule is CCOC(=O)N1CCN(c2cc(NCCc3ccccc3F)nc(C)n2)CC1. The second-order valence-electron chi connectivity index (χ2n) is 6.60. The van der Waals surface area contributed by atoms with E-state index in [1.54, 1.807) is 24.0 Å². The molecule has 0 bridgehead atoms. The molecule has 0 saturated carbocycles. The third kappa shape index (κ3) is 5.09. The molecule has 1 saturated heterocycles. The van der Waals surface area contributed by atoms with Crippen molar-refractivity contribution >= 4 is 17.7 Å². The number of ether oxygens (including phenoxy) is 1. The van der Waals surface area contributed by atoms with Crippen LogP contribution in [0.15, 0.2) is 30.3 Å². The molecule has 1 aliphatic heterocycles. The molecule has 0 atom stereocenters. The van der Waals surface area contributed by atoms with E-state index >= 15 is 0 Å². The van der Waals surface area contributed by atoms with Gasteiger partial charge in [0.15, 0.2) is 0 Å². The average molecular weight is 387 g/mol. The number of amides is 1. The minimum absolute atomic E-state index is 0.191. The smallest absolute Gasteiger partial charge is 0.409 e. The standard InChI is InChI=1S/C20H26FN5O2/c1-3-28-20(27)26-12-10-25(11-13-26)19-14-18(23-15(2)24-19)22-9-8-16-6-4-5-7-17(16)21/h4-7,14H,3,8-13H2,1-2H3,(H,22,23,24). The Morgan fingerprint density at radius 2 is 1.96 bits per heavy atom. The van der Waals surface area contributed by atoms with Gasteiger partial charge in [-0.2, -0.15) is 0 Å². The van der Waals surface area contributed by atoms with E-state index in [0.29, 0.717) is 63.0 Å². The van der Waals surface area contributed by atoms with E-state index in [2.05, 4.69) is 20.2 Å². The number of halogens is 1. The van der Waals surface area contributed by atoms with Crippen molar-refractivity contribution in [3.63, 3.8) is 0 Å². The zero-order valence-corrected chi connectivity index (χ0v) is 16.3. The number of carbonyl (C=O) groups is 1. The van der Waals surface area contributed by atoms with Gasteiger partial charge in [0, 0.05) is 38.8 Å². The summed E-state index contributed by atoms with van der Waals surface area (Å²) >= 11 is 0. The predicted octanol–water partition coefficient (Wildman–Crippen LogP) is 2.86. The van der Waals surface area contributed by atoms with Crippen molar-refractivity contribution in [3.05, 3.63) is 47.5 Å². The van der Waals surface area contributed by atoms with E-state index in [0.717, 1.165) is 5.82 Å². The lowest BCUT2D eigenvalue weighted by molar-refractivity contribution is 0.105. The second-order valence-corrected chi connectivity index (χ2v) is 6.60. The second kappa shape index (κ2) is 9.34. The summed E-state index contributed by atoms with van der Waals surface area (Å²) in [5.41, 5.74) is 0.677. The summed E-state index contributed by atoms with van der Waals surface area (Å²) in [6.07, 6.45) is 0.306. The number of benzene rings is 1. The highest BCUT2D eigenvalue weighted by Gasteiger charge is 2.23. The zero-order chi connectivity index (χ0) is 19.9. The molecule has 2 heterocycles. The Morgan fingerprint density at radius 3 is 2.68 bits per heavy atom. The Bertz CT molecular complexity index is 809. The van der Waals surface area contributed by atoms with Gasteiger partial charge in [-0.25, -0.2) is 19.2 Å². The summed E-state index contributed by atoms with van der Waals surface area (Å²) in [7, 11) is 0. The fraction of sp³-hybridized carbons (Fsp3) is 0.450. The first-order chi connectivity index (χ1) is 13.6. The molecule has 0 radical (unpaired) electrons. The van der Waals surface area contributed by atoms with Gasteiger partial charge in [-0.3, -0.25) is 0 Å². The van der Waals surface area contributed by atoms with Crippen LogP contribution >= 0.6 is 0 Å². The molecule has 1 aliphatic rings. The number of hydrogen-bond donors (Lipinski definition) is 1. The van der Waals surface area contributed by atoms with Crippen LogP contribution in [0.1, 0.15) is 18.3 Å². The Balaban J connectivity index is 1.58. The molecular formula is C20H26FN5O2. The maximum atomic E-state index is 13.7. The molecule has 1 aromatic heterocycles. The molecule has 0 aliphatic carbocycles. The van der Waals surface area contributed by atoms with Gasteiger partial charge in [-0.05, 0) is 31.9 Å². The lowest BCUT2D eigenvalue weighted by atomic mass is 10.1. The number of aromatic nitrogens is 2. The van der Waals surface area contributed by atoms with Crippen LogP contribution in [0.3, 0.4) is 0 Å². The molecule has 0 unspecified atom stereocenters. The number of nitrogens with one attached hydrogen (secondary N) is 1. The third-order valence-corrected chi connectivity index (χ3v) is 4.61. The summed E-state index contributed by atoms with van der Waals surface area (Å²) in [5.74, 6) is 2.01. The van der Waals surface area contributed by atoms with E-state index < -0.39 is 0 Å². The van der Waals surface area contributed by atoms with Gasteiger partial charge in [0.25, 0.3) is 0 Å². The number of hydrogen-bond acceptors (Lipinski definition) is 6. The van der Waals surface area contributed by atoms with E-state index in [1.807, 2.05) is 19.1 Å².